The first-order valence-corrected chi connectivity index (χ1v) is 7.90. The van der Waals surface area contributed by atoms with E-state index in [0.29, 0.717) is 12.0 Å². The molecule has 1 aliphatic heterocycles. The lowest BCUT2D eigenvalue weighted by Crippen LogP contribution is -2.27. The molecular weight excluding hydrogens is 328 g/mol. The van der Waals surface area contributed by atoms with Gasteiger partial charge >= 0.3 is 0 Å². The largest absolute Gasteiger partial charge is 0.378 e. The van der Waals surface area contributed by atoms with Gasteiger partial charge in [0.25, 0.3) is 0 Å². The van der Waals surface area contributed by atoms with Gasteiger partial charge in [-0.05, 0) is 60.3 Å². The van der Waals surface area contributed by atoms with Gasteiger partial charge in [0.15, 0.2) is 0 Å². The molecule has 1 aromatic rings. The molecule has 2 rings (SSSR count). The Morgan fingerprint density at radius 1 is 1.40 bits per heavy atom. The summed E-state index contributed by atoms with van der Waals surface area (Å²) in [5.74, 6) is -0.818. The van der Waals surface area contributed by atoms with Crippen LogP contribution in [-0.4, -0.2) is 19.3 Å². The monoisotopic (exact) mass is 347 g/mol. The van der Waals surface area contributed by atoms with Crippen LogP contribution >= 0.6 is 15.9 Å². The highest BCUT2D eigenvalue weighted by Crippen LogP contribution is 2.29. The molecule has 0 spiro atoms. The molecule has 0 radical (unpaired) electrons. The topological polar surface area (TPSA) is 21.3 Å². The summed E-state index contributed by atoms with van der Waals surface area (Å²) in [4.78, 5) is 0. The zero-order valence-electron chi connectivity index (χ0n) is 11.6. The number of rotatable bonds is 6. The second-order valence-corrected chi connectivity index (χ2v) is 6.02. The molecule has 1 heterocycles. The number of halogens is 3. The maximum atomic E-state index is 14.1. The molecule has 0 aliphatic carbocycles. The minimum Gasteiger partial charge on any atom is -0.378 e. The quantitative estimate of drug-likeness (QED) is 0.773. The molecule has 0 aromatic heterocycles. The van der Waals surface area contributed by atoms with Gasteiger partial charge in [0.1, 0.15) is 11.6 Å². The summed E-state index contributed by atoms with van der Waals surface area (Å²) in [5.41, 5.74) is 0.384. The van der Waals surface area contributed by atoms with E-state index in [1.165, 1.54) is 12.1 Å². The lowest BCUT2D eigenvalue weighted by Gasteiger charge is -2.23. The Morgan fingerprint density at radius 2 is 2.20 bits per heavy atom. The Balaban J connectivity index is 2.18. The molecule has 1 aromatic carbocycles. The molecule has 1 saturated heterocycles. The molecule has 0 saturated carbocycles. The number of ether oxygens (including phenoxy) is 1. The highest BCUT2D eigenvalue weighted by molar-refractivity contribution is 9.10. The molecule has 2 nitrogen and oxygen atoms in total. The molecule has 2 atom stereocenters. The standard InChI is InChI=1S/C15H20BrF2NO/c1-2-5-19-15(7-10-4-3-6-20-10)11-8-14(18)12(16)9-13(11)17/h8-10,15,19H,2-7H2,1H3. The maximum absolute atomic E-state index is 14.1. The highest BCUT2D eigenvalue weighted by atomic mass is 79.9. The fourth-order valence-corrected chi connectivity index (χ4v) is 2.85. The second kappa shape index (κ2) is 7.48. The SMILES string of the molecule is CCCNC(CC1CCCO1)c1cc(F)c(Br)cc1F. The van der Waals surface area contributed by atoms with Crippen molar-refractivity contribution in [2.75, 3.05) is 13.2 Å². The first kappa shape index (κ1) is 15.9. The molecule has 1 aliphatic rings. The molecule has 0 bridgehead atoms. The fourth-order valence-electron chi connectivity index (χ4n) is 2.54. The Hall–Kier alpha value is -0.520. The lowest BCUT2D eigenvalue weighted by molar-refractivity contribution is 0.0941. The highest BCUT2D eigenvalue weighted by Gasteiger charge is 2.24. The third-order valence-electron chi connectivity index (χ3n) is 3.58. The summed E-state index contributed by atoms with van der Waals surface area (Å²) in [7, 11) is 0. The van der Waals surface area contributed by atoms with Crippen LogP contribution in [0.4, 0.5) is 8.78 Å². The first-order chi connectivity index (χ1) is 9.61. The van der Waals surface area contributed by atoms with E-state index < -0.39 is 5.82 Å². The number of benzene rings is 1. The van der Waals surface area contributed by atoms with Crippen LogP contribution in [-0.2, 0) is 4.74 Å². The summed E-state index contributed by atoms with van der Waals surface area (Å²) >= 11 is 3.01. The van der Waals surface area contributed by atoms with Crippen LogP contribution in [0.2, 0.25) is 0 Å². The van der Waals surface area contributed by atoms with E-state index in [2.05, 4.69) is 28.2 Å². The first-order valence-electron chi connectivity index (χ1n) is 7.11. The van der Waals surface area contributed by atoms with Gasteiger partial charge in [0.2, 0.25) is 0 Å². The molecule has 1 N–H and O–H groups in total. The average Bonchev–Trinajstić information content (AvgIpc) is 2.92. The van der Waals surface area contributed by atoms with Crippen molar-refractivity contribution in [1.82, 2.24) is 5.32 Å². The van der Waals surface area contributed by atoms with Crippen molar-refractivity contribution in [3.63, 3.8) is 0 Å². The third kappa shape index (κ3) is 3.99. The molecular formula is C15H20BrF2NO. The second-order valence-electron chi connectivity index (χ2n) is 5.17. The molecule has 112 valence electrons. The van der Waals surface area contributed by atoms with E-state index >= 15 is 0 Å². The predicted molar refractivity (Wildman–Crippen MR) is 78.7 cm³/mol. The predicted octanol–water partition coefficient (Wildman–Crippen LogP) is 4.34. The van der Waals surface area contributed by atoms with Crippen molar-refractivity contribution in [3.05, 3.63) is 33.8 Å². The van der Waals surface area contributed by atoms with Gasteiger partial charge in [-0.15, -0.1) is 0 Å². The van der Waals surface area contributed by atoms with Gasteiger partial charge in [-0.3, -0.25) is 0 Å². The minimum atomic E-state index is -0.433. The van der Waals surface area contributed by atoms with E-state index in [4.69, 9.17) is 4.74 Å². The lowest BCUT2D eigenvalue weighted by atomic mass is 9.98. The van der Waals surface area contributed by atoms with Crippen molar-refractivity contribution >= 4 is 15.9 Å². The maximum Gasteiger partial charge on any atom is 0.137 e. The molecule has 20 heavy (non-hydrogen) atoms. The summed E-state index contributed by atoms with van der Waals surface area (Å²) in [6.45, 7) is 3.59. The van der Waals surface area contributed by atoms with Crippen molar-refractivity contribution in [2.45, 2.75) is 44.8 Å². The average molecular weight is 348 g/mol. The molecule has 2 unspecified atom stereocenters. The van der Waals surface area contributed by atoms with Gasteiger partial charge in [0.05, 0.1) is 10.6 Å². The molecule has 1 fully saturated rings. The van der Waals surface area contributed by atoms with E-state index in [9.17, 15) is 8.78 Å². The van der Waals surface area contributed by atoms with Crippen LogP contribution in [0.25, 0.3) is 0 Å². The molecule has 0 amide bonds. The summed E-state index contributed by atoms with van der Waals surface area (Å²) in [6.07, 6.45) is 3.80. The zero-order valence-corrected chi connectivity index (χ0v) is 13.2. The Kier molecular flexibility index (Phi) is 5.93. The number of hydrogen-bond donors (Lipinski definition) is 1. The fraction of sp³-hybridized carbons (Fsp3) is 0.600. The summed E-state index contributed by atoms with van der Waals surface area (Å²) in [5, 5.41) is 3.30. The van der Waals surface area contributed by atoms with Crippen molar-refractivity contribution in [3.8, 4) is 0 Å². The van der Waals surface area contributed by atoms with Gasteiger partial charge in [-0.25, -0.2) is 8.78 Å². The van der Waals surface area contributed by atoms with E-state index in [1.807, 2.05) is 0 Å². The van der Waals surface area contributed by atoms with Gasteiger partial charge < -0.3 is 10.1 Å². The van der Waals surface area contributed by atoms with Crippen LogP contribution in [0.15, 0.2) is 16.6 Å². The van der Waals surface area contributed by atoms with Crippen LogP contribution in [0.5, 0.6) is 0 Å². The third-order valence-corrected chi connectivity index (χ3v) is 4.19. The Labute approximate surface area is 127 Å². The van der Waals surface area contributed by atoms with E-state index in [0.717, 1.165) is 32.4 Å². The van der Waals surface area contributed by atoms with E-state index in [1.54, 1.807) is 0 Å². The van der Waals surface area contributed by atoms with Crippen molar-refractivity contribution < 1.29 is 13.5 Å². The van der Waals surface area contributed by atoms with Crippen molar-refractivity contribution in [2.24, 2.45) is 0 Å². The molecule has 5 heteroatoms. The van der Waals surface area contributed by atoms with Gasteiger partial charge in [-0.2, -0.15) is 0 Å². The minimum absolute atomic E-state index is 0.135. The number of nitrogens with one attached hydrogen (secondary N) is 1. The summed E-state index contributed by atoms with van der Waals surface area (Å²) < 4.78 is 33.6. The van der Waals surface area contributed by atoms with Crippen LogP contribution < -0.4 is 5.32 Å². The van der Waals surface area contributed by atoms with Crippen LogP contribution in [0, 0.1) is 11.6 Å². The van der Waals surface area contributed by atoms with Gasteiger partial charge in [0, 0.05) is 18.2 Å². The van der Waals surface area contributed by atoms with Crippen LogP contribution in [0.1, 0.15) is 44.2 Å². The van der Waals surface area contributed by atoms with Crippen LogP contribution in [0.3, 0.4) is 0 Å². The smallest absolute Gasteiger partial charge is 0.137 e. The summed E-state index contributed by atoms with van der Waals surface area (Å²) in [6, 6.07) is 2.27. The normalized spacial score (nSPS) is 20.3. The Bertz CT molecular complexity index is 450. The van der Waals surface area contributed by atoms with Crippen molar-refractivity contribution in [1.29, 1.82) is 0 Å². The Morgan fingerprint density at radius 3 is 2.85 bits per heavy atom. The zero-order chi connectivity index (χ0) is 14.5. The van der Waals surface area contributed by atoms with E-state index in [-0.39, 0.29) is 22.4 Å². The number of hydrogen-bond acceptors (Lipinski definition) is 2. The van der Waals surface area contributed by atoms with Gasteiger partial charge in [-0.1, -0.05) is 6.92 Å².